The number of hydrogen-bond acceptors (Lipinski definition) is 3. The van der Waals surface area contributed by atoms with E-state index in [1.54, 1.807) is 4.68 Å². The second-order valence-corrected chi connectivity index (χ2v) is 7.51. The average molecular weight is 277 g/mol. The normalized spacial score (nSPS) is 27.5. The van der Waals surface area contributed by atoms with Crippen LogP contribution in [0.2, 0.25) is 5.15 Å². The number of aromatic nitrogens is 2. The molecule has 0 amide bonds. The Morgan fingerprint density at radius 1 is 1.53 bits per heavy atom. The molecule has 1 fully saturated rings. The first-order chi connectivity index (χ1) is 7.79. The Morgan fingerprint density at radius 2 is 2.18 bits per heavy atom. The Morgan fingerprint density at radius 3 is 2.59 bits per heavy atom. The summed E-state index contributed by atoms with van der Waals surface area (Å²) < 4.78 is 24.9. The second-order valence-electron chi connectivity index (χ2n) is 4.97. The van der Waals surface area contributed by atoms with E-state index < -0.39 is 15.4 Å². The summed E-state index contributed by atoms with van der Waals surface area (Å²) in [5.41, 5.74) is 1.41. The fourth-order valence-corrected chi connectivity index (χ4v) is 4.83. The van der Waals surface area contributed by atoms with Crippen LogP contribution in [0.5, 0.6) is 0 Å². The van der Waals surface area contributed by atoms with Gasteiger partial charge in [-0.3, -0.25) is 0 Å². The standard InChI is InChI=1S/C11H17ClN2O2S/c1-4-9-8(2)10(12)14(13-9)11(3)5-6-17(15,16)7-11/h4-7H2,1-3H3. The number of rotatable bonds is 2. The van der Waals surface area contributed by atoms with Crippen molar-refractivity contribution in [3.05, 3.63) is 16.4 Å². The zero-order valence-corrected chi connectivity index (χ0v) is 11.9. The van der Waals surface area contributed by atoms with Crippen molar-refractivity contribution in [2.75, 3.05) is 11.5 Å². The Bertz CT molecular complexity index is 550. The van der Waals surface area contributed by atoms with E-state index in [1.807, 2.05) is 20.8 Å². The van der Waals surface area contributed by atoms with Crippen molar-refractivity contribution in [2.24, 2.45) is 0 Å². The summed E-state index contributed by atoms with van der Waals surface area (Å²) in [7, 11) is -2.95. The van der Waals surface area contributed by atoms with Crippen molar-refractivity contribution in [1.29, 1.82) is 0 Å². The number of nitrogens with zero attached hydrogens (tertiary/aromatic N) is 2. The number of sulfone groups is 1. The lowest BCUT2D eigenvalue weighted by atomic mass is 10.0. The molecule has 2 heterocycles. The molecule has 0 radical (unpaired) electrons. The van der Waals surface area contributed by atoms with E-state index in [0.29, 0.717) is 11.6 Å². The summed E-state index contributed by atoms with van der Waals surface area (Å²) in [4.78, 5) is 0. The summed E-state index contributed by atoms with van der Waals surface area (Å²) in [5.74, 6) is 0.351. The van der Waals surface area contributed by atoms with Gasteiger partial charge in [-0.25, -0.2) is 13.1 Å². The van der Waals surface area contributed by atoms with Crippen LogP contribution in [-0.4, -0.2) is 29.7 Å². The van der Waals surface area contributed by atoms with Crippen LogP contribution in [0.1, 0.15) is 31.5 Å². The molecule has 0 aliphatic carbocycles. The Hall–Kier alpha value is -0.550. The van der Waals surface area contributed by atoms with Crippen LogP contribution in [0, 0.1) is 6.92 Å². The molecule has 1 aliphatic rings. The van der Waals surface area contributed by atoms with E-state index in [1.165, 1.54) is 0 Å². The third-order valence-corrected chi connectivity index (χ3v) is 5.81. The number of hydrogen-bond donors (Lipinski definition) is 0. The van der Waals surface area contributed by atoms with E-state index in [-0.39, 0.29) is 11.5 Å². The molecule has 0 saturated carbocycles. The van der Waals surface area contributed by atoms with Crippen molar-refractivity contribution in [1.82, 2.24) is 9.78 Å². The summed E-state index contributed by atoms with van der Waals surface area (Å²) in [6.45, 7) is 5.86. The highest BCUT2D eigenvalue weighted by Crippen LogP contribution is 2.34. The van der Waals surface area contributed by atoms with Gasteiger partial charge in [-0.15, -0.1) is 0 Å². The Labute approximate surface area is 107 Å². The van der Waals surface area contributed by atoms with Gasteiger partial charge in [0.25, 0.3) is 0 Å². The van der Waals surface area contributed by atoms with Gasteiger partial charge in [0, 0.05) is 5.56 Å². The summed E-state index contributed by atoms with van der Waals surface area (Å²) in [6, 6.07) is 0. The average Bonchev–Trinajstić information content (AvgIpc) is 2.68. The topological polar surface area (TPSA) is 52.0 Å². The quantitative estimate of drug-likeness (QED) is 0.829. The summed E-state index contributed by atoms with van der Waals surface area (Å²) in [5, 5.41) is 5.04. The lowest BCUT2D eigenvalue weighted by Crippen LogP contribution is -2.32. The SMILES string of the molecule is CCc1nn(C2(C)CCS(=O)(=O)C2)c(Cl)c1C. The Kier molecular flexibility index (Phi) is 3.02. The predicted molar refractivity (Wildman–Crippen MR) is 68.3 cm³/mol. The van der Waals surface area contributed by atoms with Crippen LogP contribution < -0.4 is 0 Å². The molecule has 6 heteroatoms. The highest BCUT2D eigenvalue weighted by Gasteiger charge is 2.42. The molecular weight excluding hydrogens is 260 g/mol. The first-order valence-electron chi connectivity index (χ1n) is 5.74. The highest BCUT2D eigenvalue weighted by atomic mass is 35.5. The molecule has 1 atom stereocenters. The van der Waals surface area contributed by atoms with Crippen molar-refractivity contribution >= 4 is 21.4 Å². The summed E-state index contributed by atoms with van der Waals surface area (Å²) >= 11 is 6.26. The number of halogens is 1. The number of aryl methyl sites for hydroxylation is 1. The molecule has 4 nitrogen and oxygen atoms in total. The van der Waals surface area contributed by atoms with Gasteiger partial charge in [0.15, 0.2) is 9.84 Å². The zero-order valence-electron chi connectivity index (χ0n) is 10.3. The minimum atomic E-state index is -2.95. The second kappa shape index (κ2) is 3.99. The van der Waals surface area contributed by atoms with Gasteiger partial charge in [-0.05, 0) is 26.7 Å². The van der Waals surface area contributed by atoms with E-state index in [2.05, 4.69) is 5.10 Å². The van der Waals surface area contributed by atoms with E-state index >= 15 is 0 Å². The van der Waals surface area contributed by atoms with E-state index in [0.717, 1.165) is 17.7 Å². The molecule has 1 aromatic rings. The minimum Gasteiger partial charge on any atom is -0.247 e. The molecule has 0 aromatic carbocycles. The third-order valence-electron chi connectivity index (χ3n) is 3.48. The van der Waals surface area contributed by atoms with Gasteiger partial charge in [-0.2, -0.15) is 5.10 Å². The van der Waals surface area contributed by atoms with Crippen LogP contribution in [0.3, 0.4) is 0 Å². The maximum absolute atomic E-state index is 11.6. The van der Waals surface area contributed by atoms with Crippen molar-refractivity contribution in [3.63, 3.8) is 0 Å². The van der Waals surface area contributed by atoms with Crippen LogP contribution in [0.4, 0.5) is 0 Å². The molecule has 1 saturated heterocycles. The predicted octanol–water partition coefficient (Wildman–Crippen LogP) is 1.94. The largest absolute Gasteiger partial charge is 0.247 e. The van der Waals surface area contributed by atoms with E-state index in [9.17, 15) is 8.42 Å². The third kappa shape index (κ3) is 2.10. The highest BCUT2D eigenvalue weighted by molar-refractivity contribution is 7.91. The monoisotopic (exact) mass is 276 g/mol. The molecular formula is C11H17ClN2O2S. The fourth-order valence-electron chi connectivity index (χ4n) is 2.37. The molecule has 0 bridgehead atoms. The van der Waals surface area contributed by atoms with Crippen molar-refractivity contribution in [2.45, 2.75) is 39.2 Å². The van der Waals surface area contributed by atoms with Gasteiger partial charge >= 0.3 is 0 Å². The van der Waals surface area contributed by atoms with Gasteiger partial charge in [0.05, 0.1) is 22.7 Å². The summed E-state index contributed by atoms with van der Waals surface area (Å²) in [6.07, 6.45) is 1.39. The minimum absolute atomic E-state index is 0.129. The van der Waals surface area contributed by atoms with Crippen LogP contribution in [0.25, 0.3) is 0 Å². The maximum Gasteiger partial charge on any atom is 0.152 e. The van der Waals surface area contributed by atoms with Crippen LogP contribution >= 0.6 is 11.6 Å². The van der Waals surface area contributed by atoms with Gasteiger partial charge < -0.3 is 0 Å². The fraction of sp³-hybridized carbons (Fsp3) is 0.727. The molecule has 1 unspecified atom stereocenters. The van der Waals surface area contributed by atoms with Gasteiger partial charge in [0.2, 0.25) is 0 Å². The molecule has 96 valence electrons. The maximum atomic E-state index is 11.6. The first-order valence-corrected chi connectivity index (χ1v) is 7.94. The van der Waals surface area contributed by atoms with E-state index in [4.69, 9.17) is 11.6 Å². The molecule has 0 spiro atoms. The lowest BCUT2D eigenvalue weighted by molar-refractivity contribution is 0.327. The van der Waals surface area contributed by atoms with Gasteiger partial charge in [-0.1, -0.05) is 18.5 Å². The molecule has 2 rings (SSSR count). The lowest BCUT2D eigenvalue weighted by Gasteiger charge is -2.23. The zero-order chi connectivity index (χ0) is 12.8. The van der Waals surface area contributed by atoms with Crippen LogP contribution in [-0.2, 0) is 21.8 Å². The van der Waals surface area contributed by atoms with Crippen LogP contribution in [0.15, 0.2) is 0 Å². The molecule has 0 N–H and O–H groups in total. The first kappa shape index (κ1) is 12.9. The smallest absolute Gasteiger partial charge is 0.152 e. The van der Waals surface area contributed by atoms with Gasteiger partial charge in [0.1, 0.15) is 5.15 Å². The molecule has 17 heavy (non-hydrogen) atoms. The van der Waals surface area contributed by atoms with Crippen molar-refractivity contribution < 1.29 is 8.42 Å². The molecule has 1 aliphatic heterocycles. The van der Waals surface area contributed by atoms with Crippen molar-refractivity contribution in [3.8, 4) is 0 Å². The molecule has 1 aromatic heterocycles. The Balaban J connectivity index is 2.48.